The largest absolute Gasteiger partial charge is 0.357 e. The molecule has 0 atom stereocenters. The fourth-order valence-electron chi connectivity index (χ4n) is 1.32. The highest BCUT2D eigenvalue weighted by Gasteiger charge is 2.17. The summed E-state index contributed by atoms with van der Waals surface area (Å²) in [6.45, 7) is 0. The average molecular weight is 249 g/mol. The molecule has 2 aromatic rings. The van der Waals surface area contributed by atoms with E-state index >= 15 is 0 Å². The summed E-state index contributed by atoms with van der Waals surface area (Å²) in [6, 6.07) is 1.69. The monoisotopic (exact) mass is 249 g/mol. The van der Waals surface area contributed by atoms with Crippen LogP contribution in [0.3, 0.4) is 0 Å². The van der Waals surface area contributed by atoms with E-state index < -0.39 is 4.92 Å². The first-order valence-corrected chi connectivity index (χ1v) is 5.06. The van der Waals surface area contributed by atoms with Crippen LogP contribution < -0.4 is 10.6 Å². The molecule has 2 rings (SSSR count). The summed E-state index contributed by atoms with van der Waals surface area (Å²) in [7, 11) is 3.38. The summed E-state index contributed by atoms with van der Waals surface area (Å²) in [5, 5.41) is 20.4. The second kappa shape index (κ2) is 4.65. The minimum Gasteiger partial charge on any atom is -0.357 e. The first-order valence-electron chi connectivity index (χ1n) is 5.06. The lowest BCUT2D eigenvalue weighted by Gasteiger charge is -2.04. The lowest BCUT2D eigenvalue weighted by atomic mass is 10.4. The van der Waals surface area contributed by atoms with Crippen LogP contribution in [0, 0.1) is 10.1 Å². The number of nitrogens with one attached hydrogen (secondary N) is 2. The molecule has 0 saturated heterocycles. The molecule has 9 heteroatoms. The van der Waals surface area contributed by atoms with Gasteiger partial charge in [-0.1, -0.05) is 0 Å². The molecule has 2 N–H and O–H groups in total. The van der Waals surface area contributed by atoms with E-state index in [-0.39, 0.29) is 11.5 Å². The predicted molar refractivity (Wildman–Crippen MR) is 64.7 cm³/mol. The van der Waals surface area contributed by atoms with Gasteiger partial charge in [-0.05, 0) is 0 Å². The van der Waals surface area contributed by atoms with Crippen molar-refractivity contribution in [3.05, 3.63) is 28.6 Å². The summed E-state index contributed by atoms with van der Waals surface area (Å²) < 4.78 is 1.58. The highest BCUT2D eigenvalue weighted by molar-refractivity contribution is 5.63. The molecule has 0 amide bonds. The molecule has 9 nitrogen and oxygen atoms in total. The average Bonchev–Trinajstić information content (AvgIpc) is 2.74. The van der Waals surface area contributed by atoms with Gasteiger partial charge in [-0.15, -0.1) is 0 Å². The van der Waals surface area contributed by atoms with Crippen LogP contribution >= 0.6 is 0 Å². The summed E-state index contributed by atoms with van der Waals surface area (Å²) >= 11 is 0. The fraction of sp³-hybridized carbons (Fsp3) is 0.222. The van der Waals surface area contributed by atoms with Crippen LogP contribution in [0.4, 0.5) is 23.3 Å². The smallest absolute Gasteiger partial charge is 0.330 e. The second-order valence-corrected chi connectivity index (χ2v) is 3.43. The van der Waals surface area contributed by atoms with Crippen molar-refractivity contribution in [2.75, 3.05) is 17.7 Å². The molecule has 0 saturated carbocycles. The summed E-state index contributed by atoms with van der Waals surface area (Å²) in [6.07, 6.45) is 2.86. The maximum atomic E-state index is 10.9. The van der Waals surface area contributed by atoms with Crippen LogP contribution in [0.15, 0.2) is 18.5 Å². The van der Waals surface area contributed by atoms with Gasteiger partial charge in [0, 0.05) is 26.4 Å². The molecule has 2 heterocycles. The van der Waals surface area contributed by atoms with Crippen LogP contribution in [-0.4, -0.2) is 31.7 Å². The van der Waals surface area contributed by atoms with Gasteiger partial charge >= 0.3 is 5.69 Å². The van der Waals surface area contributed by atoms with Crippen molar-refractivity contribution in [2.24, 2.45) is 7.05 Å². The van der Waals surface area contributed by atoms with E-state index in [1.165, 1.54) is 0 Å². The van der Waals surface area contributed by atoms with Crippen LogP contribution in [0.1, 0.15) is 0 Å². The van der Waals surface area contributed by atoms with Crippen LogP contribution in [0.2, 0.25) is 0 Å². The number of nitrogens with zero attached hydrogens (tertiary/aromatic N) is 5. The highest BCUT2D eigenvalue weighted by Crippen LogP contribution is 2.24. The maximum absolute atomic E-state index is 10.9. The van der Waals surface area contributed by atoms with Crippen molar-refractivity contribution in [3.63, 3.8) is 0 Å². The van der Waals surface area contributed by atoms with Gasteiger partial charge in [0.2, 0.25) is 11.8 Å². The van der Waals surface area contributed by atoms with Gasteiger partial charge < -0.3 is 10.6 Å². The molecule has 0 aliphatic rings. The molecule has 0 radical (unpaired) electrons. The number of nitro groups is 1. The quantitative estimate of drug-likeness (QED) is 0.611. The maximum Gasteiger partial charge on any atom is 0.330 e. The zero-order valence-corrected chi connectivity index (χ0v) is 9.78. The van der Waals surface area contributed by atoms with Crippen molar-refractivity contribution in [3.8, 4) is 0 Å². The third kappa shape index (κ3) is 2.34. The molecule has 0 unspecified atom stereocenters. The van der Waals surface area contributed by atoms with E-state index in [0.29, 0.717) is 11.8 Å². The number of anilines is 3. The molecule has 0 aromatic carbocycles. The molecule has 18 heavy (non-hydrogen) atoms. The van der Waals surface area contributed by atoms with Gasteiger partial charge in [0.25, 0.3) is 0 Å². The Morgan fingerprint density at radius 1 is 1.50 bits per heavy atom. The van der Waals surface area contributed by atoms with Gasteiger partial charge in [-0.2, -0.15) is 10.1 Å². The number of hydrogen-bond acceptors (Lipinski definition) is 7. The summed E-state index contributed by atoms with van der Waals surface area (Å²) in [5.74, 6) is 0.860. The first-order chi connectivity index (χ1) is 8.60. The van der Waals surface area contributed by atoms with E-state index in [4.69, 9.17) is 0 Å². The van der Waals surface area contributed by atoms with E-state index in [2.05, 4.69) is 25.7 Å². The predicted octanol–water partition coefficient (Wildman–Crippen LogP) is 0.904. The van der Waals surface area contributed by atoms with E-state index in [9.17, 15) is 10.1 Å². The van der Waals surface area contributed by atoms with E-state index in [1.54, 1.807) is 31.0 Å². The first kappa shape index (κ1) is 11.8. The molecule has 0 aliphatic heterocycles. The molecule has 0 aliphatic carbocycles. The fourth-order valence-corrected chi connectivity index (χ4v) is 1.32. The minimum absolute atomic E-state index is 0.0954. The van der Waals surface area contributed by atoms with Crippen LogP contribution in [-0.2, 0) is 7.05 Å². The standard InChI is InChI=1S/C9H11N7O2/c1-10-9-11-5-6(16(17)18)8(13-9)12-7-3-4-15(2)14-7/h3-5H,1-2H3,(H2,10,11,12,13,14). The Hall–Kier alpha value is -2.71. The van der Waals surface area contributed by atoms with Gasteiger partial charge in [0.15, 0.2) is 5.82 Å². The van der Waals surface area contributed by atoms with Crippen molar-refractivity contribution < 1.29 is 4.92 Å². The zero-order valence-electron chi connectivity index (χ0n) is 9.78. The molecule has 0 spiro atoms. The Morgan fingerprint density at radius 3 is 2.83 bits per heavy atom. The number of aromatic nitrogens is 4. The number of rotatable bonds is 4. The third-order valence-electron chi connectivity index (χ3n) is 2.15. The third-order valence-corrected chi connectivity index (χ3v) is 2.15. The highest BCUT2D eigenvalue weighted by atomic mass is 16.6. The molecule has 0 fully saturated rings. The van der Waals surface area contributed by atoms with Gasteiger partial charge in [-0.25, -0.2) is 4.98 Å². The SMILES string of the molecule is CNc1ncc([N+](=O)[O-])c(Nc2ccn(C)n2)n1. The van der Waals surface area contributed by atoms with Crippen LogP contribution in [0.25, 0.3) is 0 Å². The van der Waals surface area contributed by atoms with Crippen molar-refractivity contribution in [1.82, 2.24) is 19.7 Å². The van der Waals surface area contributed by atoms with E-state index in [1.807, 2.05) is 0 Å². The number of hydrogen-bond donors (Lipinski definition) is 2. The van der Waals surface area contributed by atoms with Crippen LogP contribution in [0.5, 0.6) is 0 Å². The van der Waals surface area contributed by atoms with Gasteiger partial charge in [-0.3, -0.25) is 14.8 Å². The Kier molecular flexibility index (Phi) is 3.04. The molecule has 0 bridgehead atoms. The minimum atomic E-state index is -0.551. The normalized spacial score (nSPS) is 10.1. The zero-order chi connectivity index (χ0) is 13.1. The molecular weight excluding hydrogens is 238 g/mol. The topological polar surface area (TPSA) is 111 Å². The lowest BCUT2D eigenvalue weighted by Crippen LogP contribution is -2.04. The Labute approximate surface area is 102 Å². The Balaban J connectivity index is 2.37. The second-order valence-electron chi connectivity index (χ2n) is 3.43. The summed E-state index contributed by atoms with van der Waals surface area (Å²) in [5.41, 5.74) is -0.209. The van der Waals surface area contributed by atoms with Crippen molar-refractivity contribution in [2.45, 2.75) is 0 Å². The summed E-state index contributed by atoms with van der Waals surface area (Å²) in [4.78, 5) is 18.1. The lowest BCUT2D eigenvalue weighted by molar-refractivity contribution is -0.384. The molecule has 94 valence electrons. The van der Waals surface area contributed by atoms with Gasteiger partial charge in [0.05, 0.1) is 4.92 Å². The molecular formula is C9H11N7O2. The van der Waals surface area contributed by atoms with Crippen molar-refractivity contribution >= 4 is 23.3 Å². The Morgan fingerprint density at radius 2 is 2.28 bits per heavy atom. The van der Waals surface area contributed by atoms with Gasteiger partial charge in [0.1, 0.15) is 6.20 Å². The molecule has 2 aromatic heterocycles. The van der Waals surface area contributed by atoms with E-state index in [0.717, 1.165) is 6.20 Å². The Bertz CT molecular complexity index is 580. The van der Waals surface area contributed by atoms with Crippen molar-refractivity contribution in [1.29, 1.82) is 0 Å². The number of aryl methyl sites for hydroxylation is 1.